The lowest BCUT2D eigenvalue weighted by atomic mass is 10.0. The van der Waals surface area contributed by atoms with Crippen LogP contribution < -0.4 is 11.5 Å². The van der Waals surface area contributed by atoms with Crippen LogP contribution in [0.1, 0.15) is 11.6 Å². The van der Waals surface area contributed by atoms with Gasteiger partial charge in [0.2, 0.25) is 0 Å². The monoisotopic (exact) mass is 218 g/mol. The molecule has 2 aromatic rings. The third-order valence-corrected chi connectivity index (χ3v) is 3.11. The normalized spacial score (nSPS) is 12.7. The quantitative estimate of drug-likeness (QED) is 0.831. The van der Waals surface area contributed by atoms with Gasteiger partial charge in [-0.3, -0.25) is 0 Å². The van der Waals surface area contributed by atoms with Crippen LogP contribution in [-0.4, -0.2) is 6.54 Å². The molecule has 78 valence electrons. The number of hydrogen-bond acceptors (Lipinski definition) is 3. The van der Waals surface area contributed by atoms with Gasteiger partial charge in [0.1, 0.15) is 0 Å². The maximum Gasteiger partial charge on any atom is 0.0419 e. The molecule has 0 aliphatic heterocycles. The average molecular weight is 218 g/mol. The number of hydrogen-bond donors (Lipinski definition) is 2. The lowest BCUT2D eigenvalue weighted by molar-refractivity contribution is 0.737. The first-order valence-electron chi connectivity index (χ1n) is 4.89. The second-order valence-electron chi connectivity index (χ2n) is 3.48. The van der Waals surface area contributed by atoms with Crippen LogP contribution in [0.2, 0.25) is 0 Å². The molecule has 0 aliphatic carbocycles. The zero-order valence-electron chi connectivity index (χ0n) is 8.39. The van der Waals surface area contributed by atoms with Gasteiger partial charge in [-0.2, -0.15) is 11.3 Å². The molecule has 0 saturated carbocycles. The Morgan fingerprint density at radius 1 is 1.20 bits per heavy atom. The predicted molar refractivity (Wildman–Crippen MR) is 65.7 cm³/mol. The molecule has 0 bridgehead atoms. The Kier molecular flexibility index (Phi) is 3.16. The molecular formula is C12H14N2S. The topological polar surface area (TPSA) is 52.0 Å². The zero-order valence-corrected chi connectivity index (χ0v) is 9.21. The summed E-state index contributed by atoms with van der Waals surface area (Å²) in [6.45, 7) is 0.479. The molecule has 1 atom stereocenters. The molecule has 2 rings (SSSR count). The average Bonchev–Trinajstić information content (AvgIpc) is 2.82. The largest absolute Gasteiger partial charge is 0.329 e. The van der Waals surface area contributed by atoms with Crippen LogP contribution in [0.3, 0.4) is 0 Å². The SMILES string of the molecule is NC[C@@H](N)c1cccc(-c2ccsc2)c1. The Hall–Kier alpha value is -1.16. The minimum atomic E-state index is -0.0661. The van der Waals surface area contributed by atoms with Gasteiger partial charge in [-0.05, 0) is 39.6 Å². The Labute approximate surface area is 93.5 Å². The molecule has 0 fully saturated rings. The Morgan fingerprint density at radius 3 is 2.73 bits per heavy atom. The summed E-state index contributed by atoms with van der Waals surface area (Å²) in [4.78, 5) is 0. The van der Waals surface area contributed by atoms with Crippen LogP contribution >= 0.6 is 11.3 Å². The highest BCUT2D eigenvalue weighted by atomic mass is 32.1. The molecule has 0 aliphatic rings. The summed E-state index contributed by atoms with van der Waals surface area (Å²) in [5, 5.41) is 4.21. The molecule has 3 heteroatoms. The summed E-state index contributed by atoms with van der Waals surface area (Å²) >= 11 is 1.70. The highest BCUT2D eigenvalue weighted by Gasteiger charge is 2.05. The lowest BCUT2D eigenvalue weighted by Crippen LogP contribution is -2.20. The Balaban J connectivity index is 2.35. The molecule has 1 aromatic heterocycles. The molecule has 4 N–H and O–H groups in total. The zero-order chi connectivity index (χ0) is 10.7. The van der Waals surface area contributed by atoms with Crippen molar-refractivity contribution in [3.05, 3.63) is 46.7 Å². The molecule has 0 saturated heterocycles. The van der Waals surface area contributed by atoms with Crippen molar-refractivity contribution in [3.63, 3.8) is 0 Å². The van der Waals surface area contributed by atoms with E-state index < -0.39 is 0 Å². The molecule has 0 spiro atoms. The predicted octanol–water partition coefficient (Wildman–Crippen LogP) is 2.37. The summed E-state index contributed by atoms with van der Waals surface area (Å²) in [5.74, 6) is 0. The molecule has 0 unspecified atom stereocenters. The second kappa shape index (κ2) is 4.57. The lowest BCUT2D eigenvalue weighted by Gasteiger charge is -2.10. The van der Waals surface area contributed by atoms with Crippen LogP contribution in [0.5, 0.6) is 0 Å². The standard InChI is InChI=1S/C12H14N2S/c13-7-12(14)10-3-1-2-9(6-10)11-4-5-15-8-11/h1-6,8,12H,7,13-14H2/t12-/m1/s1. The summed E-state index contributed by atoms with van der Waals surface area (Å²) in [5.41, 5.74) is 15.0. The van der Waals surface area contributed by atoms with Crippen molar-refractivity contribution in [3.8, 4) is 11.1 Å². The van der Waals surface area contributed by atoms with Crippen molar-refractivity contribution in [1.29, 1.82) is 0 Å². The van der Waals surface area contributed by atoms with Crippen molar-refractivity contribution in [2.24, 2.45) is 11.5 Å². The fourth-order valence-corrected chi connectivity index (χ4v) is 2.18. The first-order valence-corrected chi connectivity index (χ1v) is 5.83. The van der Waals surface area contributed by atoms with Gasteiger partial charge in [-0.25, -0.2) is 0 Å². The smallest absolute Gasteiger partial charge is 0.0419 e. The summed E-state index contributed by atoms with van der Waals surface area (Å²) in [6.07, 6.45) is 0. The highest BCUT2D eigenvalue weighted by molar-refractivity contribution is 7.08. The maximum atomic E-state index is 5.89. The first kappa shape index (κ1) is 10.4. The van der Waals surface area contributed by atoms with Gasteiger partial charge in [0.15, 0.2) is 0 Å². The highest BCUT2D eigenvalue weighted by Crippen LogP contribution is 2.24. The van der Waals surface area contributed by atoms with E-state index in [2.05, 4.69) is 29.0 Å². The van der Waals surface area contributed by atoms with Gasteiger partial charge < -0.3 is 11.5 Å². The first-order chi connectivity index (χ1) is 7.31. The molecule has 15 heavy (non-hydrogen) atoms. The van der Waals surface area contributed by atoms with Crippen molar-refractivity contribution >= 4 is 11.3 Å². The van der Waals surface area contributed by atoms with E-state index in [4.69, 9.17) is 11.5 Å². The molecule has 0 radical (unpaired) electrons. The number of nitrogens with two attached hydrogens (primary N) is 2. The maximum absolute atomic E-state index is 5.89. The van der Waals surface area contributed by atoms with Gasteiger partial charge >= 0.3 is 0 Å². The van der Waals surface area contributed by atoms with E-state index in [1.165, 1.54) is 11.1 Å². The van der Waals surface area contributed by atoms with Crippen LogP contribution in [0.25, 0.3) is 11.1 Å². The minimum absolute atomic E-state index is 0.0661. The van der Waals surface area contributed by atoms with E-state index in [1.807, 2.05) is 12.1 Å². The number of thiophene rings is 1. The van der Waals surface area contributed by atoms with Gasteiger partial charge in [0, 0.05) is 12.6 Å². The van der Waals surface area contributed by atoms with E-state index in [-0.39, 0.29) is 6.04 Å². The third kappa shape index (κ3) is 2.26. The van der Waals surface area contributed by atoms with E-state index in [1.54, 1.807) is 11.3 Å². The van der Waals surface area contributed by atoms with Crippen LogP contribution in [0.4, 0.5) is 0 Å². The van der Waals surface area contributed by atoms with E-state index in [0.29, 0.717) is 6.54 Å². The van der Waals surface area contributed by atoms with Crippen LogP contribution in [-0.2, 0) is 0 Å². The number of rotatable bonds is 3. The summed E-state index contributed by atoms with van der Waals surface area (Å²) < 4.78 is 0. The summed E-state index contributed by atoms with van der Waals surface area (Å²) in [7, 11) is 0. The van der Waals surface area contributed by atoms with E-state index >= 15 is 0 Å². The molecule has 2 nitrogen and oxygen atoms in total. The van der Waals surface area contributed by atoms with Crippen molar-refractivity contribution in [2.75, 3.05) is 6.54 Å². The van der Waals surface area contributed by atoms with Crippen molar-refractivity contribution in [1.82, 2.24) is 0 Å². The Bertz CT molecular complexity index is 423. The van der Waals surface area contributed by atoms with Gasteiger partial charge in [0.05, 0.1) is 0 Å². The van der Waals surface area contributed by atoms with Gasteiger partial charge in [-0.15, -0.1) is 0 Å². The molecule has 1 aromatic carbocycles. The fraction of sp³-hybridized carbons (Fsp3) is 0.167. The van der Waals surface area contributed by atoms with Gasteiger partial charge in [0.25, 0.3) is 0 Å². The third-order valence-electron chi connectivity index (χ3n) is 2.42. The minimum Gasteiger partial charge on any atom is -0.329 e. The second-order valence-corrected chi connectivity index (χ2v) is 4.26. The number of benzene rings is 1. The molecular weight excluding hydrogens is 204 g/mol. The van der Waals surface area contributed by atoms with E-state index in [9.17, 15) is 0 Å². The van der Waals surface area contributed by atoms with E-state index in [0.717, 1.165) is 5.56 Å². The van der Waals surface area contributed by atoms with Crippen LogP contribution in [0.15, 0.2) is 41.1 Å². The molecule has 0 amide bonds. The summed E-state index contributed by atoms with van der Waals surface area (Å²) in [6, 6.07) is 10.3. The Morgan fingerprint density at radius 2 is 2.07 bits per heavy atom. The fourth-order valence-electron chi connectivity index (χ4n) is 1.51. The molecule has 1 heterocycles. The van der Waals surface area contributed by atoms with Crippen LogP contribution in [0, 0.1) is 0 Å². The van der Waals surface area contributed by atoms with Crippen molar-refractivity contribution < 1.29 is 0 Å². The van der Waals surface area contributed by atoms with Gasteiger partial charge in [-0.1, -0.05) is 18.2 Å². The van der Waals surface area contributed by atoms with Crippen molar-refractivity contribution in [2.45, 2.75) is 6.04 Å².